The van der Waals surface area contributed by atoms with Gasteiger partial charge in [-0.3, -0.25) is 13.9 Å². The summed E-state index contributed by atoms with van der Waals surface area (Å²) in [6, 6.07) is 9.36. The van der Waals surface area contributed by atoms with Crippen molar-refractivity contribution in [2.24, 2.45) is 14.1 Å². The molecule has 6 nitrogen and oxygen atoms in total. The number of aryl methyl sites for hydroxylation is 1. The van der Waals surface area contributed by atoms with Crippen molar-refractivity contribution in [1.29, 1.82) is 5.26 Å². The second-order valence-electron chi connectivity index (χ2n) is 5.41. The van der Waals surface area contributed by atoms with Crippen LogP contribution in [-0.4, -0.2) is 14.1 Å². The quantitative estimate of drug-likeness (QED) is 0.715. The second-order valence-corrected chi connectivity index (χ2v) is 5.41. The summed E-state index contributed by atoms with van der Waals surface area (Å²) in [5, 5.41) is 9.31. The van der Waals surface area contributed by atoms with Crippen molar-refractivity contribution < 1.29 is 4.39 Å². The standard InChI is InChI=1S/C17H13FN4O2/c1-21-15-14(16(23)22(2)17(21)24)11(7-8-19)9-13(20-15)10-3-5-12(18)6-4-10/h3-6,9H,7H2,1-2H3. The third-order valence-corrected chi connectivity index (χ3v) is 3.90. The molecule has 0 fully saturated rings. The third kappa shape index (κ3) is 2.38. The Bertz CT molecular complexity index is 1110. The zero-order chi connectivity index (χ0) is 17.4. The van der Waals surface area contributed by atoms with E-state index in [1.807, 2.05) is 6.07 Å². The van der Waals surface area contributed by atoms with E-state index in [0.29, 0.717) is 16.8 Å². The maximum Gasteiger partial charge on any atom is 0.332 e. The van der Waals surface area contributed by atoms with Gasteiger partial charge in [0, 0.05) is 19.7 Å². The van der Waals surface area contributed by atoms with E-state index in [2.05, 4.69) is 4.98 Å². The van der Waals surface area contributed by atoms with Gasteiger partial charge in [-0.15, -0.1) is 0 Å². The highest BCUT2D eigenvalue weighted by Gasteiger charge is 2.16. The Morgan fingerprint density at radius 1 is 1.17 bits per heavy atom. The SMILES string of the molecule is Cn1c(=O)c2c(CC#N)cc(-c3ccc(F)cc3)nc2n(C)c1=O. The molecule has 1 aromatic carbocycles. The van der Waals surface area contributed by atoms with Crippen LogP contribution in [0.3, 0.4) is 0 Å². The van der Waals surface area contributed by atoms with E-state index >= 15 is 0 Å². The van der Waals surface area contributed by atoms with Gasteiger partial charge in [-0.25, -0.2) is 14.2 Å². The predicted molar refractivity (Wildman–Crippen MR) is 86.9 cm³/mol. The summed E-state index contributed by atoms with van der Waals surface area (Å²) < 4.78 is 15.4. The first-order valence-electron chi connectivity index (χ1n) is 7.16. The molecule has 0 radical (unpaired) electrons. The lowest BCUT2D eigenvalue weighted by molar-refractivity contribution is 0.628. The number of hydrogen-bond acceptors (Lipinski definition) is 4. The molecule has 0 aliphatic rings. The number of aromatic nitrogens is 3. The molecule has 0 aliphatic heterocycles. The predicted octanol–water partition coefficient (Wildman–Crippen LogP) is 1.50. The minimum atomic E-state index is -0.501. The smallest absolute Gasteiger partial charge is 0.280 e. The number of rotatable bonds is 2. The summed E-state index contributed by atoms with van der Waals surface area (Å²) in [4.78, 5) is 29.0. The highest BCUT2D eigenvalue weighted by Crippen LogP contribution is 2.23. The van der Waals surface area contributed by atoms with Gasteiger partial charge in [0.25, 0.3) is 5.56 Å². The minimum Gasteiger partial charge on any atom is -0.280 e. The molecule has 120 valence electrons. The van der Waals surface area contributed by atoms with Gasteiger partial charge in [0.15, 0.2) is 0 Å². The van der Waals surface area contributed by atoms with Crippen molar-refractivity contribution in [2.45, 2.75) is 6.42 Å². The van der Waals surface area contributed by atoms with Crippen molar-refractivity contribution in [3.05, 3.63) is 62.6 Å². The van der Waals surface area contributed by atoms with Crippen LogP contribution >= 0.6 is 0 Å². The van der Waals surface area contributed by atoms with Crippen LogP contribution in [0, 0.1) is 17.1 Å². The van der Waals surface area contributed by atoms with E-state index in [9.17, 15) is 14.0 Å². The molecule has 0 atom stereocenters. The molecule has 2 heterocycles. The van der Waals surface area contributed by atoms with Gasteiger partial charge in [-0.2, -0.15) is 5.26 Å². The van der Waals surface area contributed by atoms with E-state index in [0.717, 1.165) is 4.57 Å². The van der Waals surface area contributed by atoms with Crippen molar-refractivity contribution >= 4 is 11.0 Å². The molecule has 0 saturated carbocycles. The molecule has 0 unspecified atom stereocenters. The molecule has 3 aromatic rings. The summed E-state index contributed by atoms with van der Waals surface area (Å²) in [6.45, 7) is 0. The zero-order valence-electron chi connectivity index (χ0n) is 13.1. The van der Waals surface area contributed by atoms with Crippen molar-refractivity contribution in [3.8, 4) is 17.3 Å². The first kappa shape index (κ1) is 15.6. The van der Waals surface area contributed by atoms with Crippen LogP contribution in [0.15, 0.2) is 39.9 Å². The molecule has 0 amide bonds. The Kier molecular flexibility index (Phi) is 3.73. The molecule has 24 heavy (non-hydrogen) atoms. The number of nitriles is 1. The number of fused-ring (bicyclic) bond motifs is 1. The summed E-state index contributed by atoms with van der Waals surface area (Å²) >= 11 is 0. The molecule has 0 saturated heterocycles. The van der Waals surface area contributed by atoms with E-state index < -0.39 is 11.2 Å². The molecule has 2 aromatic heterocycles. The van der Waals surface area contributed by atoms with Crippen LogP contribution in [0.25, 0.3) is 22.3 Å². The third-order valence-electron chi connectivity index (χ3n) is 3.90. The van der Waals surface area contributed by atoms with Crippen LogP contribution in [-0.2, 0) is 20.5 Å². The lowest BCUT2D eigenvalue weighted by Gasteiger charge is -2.11. The summed E-state index contributed by atoms with van der Waals surface area (Å²) in [6.07, 6.45) is 0.000653. The molecular formula is C17H13FN4O2. The van der Waals surface area contributed by atoms with Crippen LogP contribution in [0.5, 0.6) is 0 Å². The number of pyridine rings is 1. The highest BCUT2D eigenvalue weighted by molar-refractivity contribution is 5.82. The second kappa shape index (κ2) is 5.74. The Balaban J connectivity index is 2.44. The fraction of sp³-hybridized carbons (Fsp3) is 0.176. The van der Waals surface area contributed by atoms with Gasteiger partial charge >= 0.3 is 5.69 Å². The number of hydrogen-bond donors (Lipinski definition) is 0. The monoisotopic (exact) mass is 324 g/mol. The van der Waals surface area contributed by atoms with Gasteiger partial charge < -0.3 is 0 Å². The Labute approximate surface area is 136 Å². The Hall–Kier alpha value is -3.27. The number of nitrogens with zero attached hydrogens (tertiary/aromatic N) is 4. The summed E-state index contributed by atoms with van der Waals surface area (Å²) in [7, 11) is 2.90. The molecule has 0 bridgehead atoms. The van der Waals surface area contributed by atoms with Gasteiger partial charge in [0.1, 0.15) is 11.5 Å². The highest BCUT2D eigenvalue weighted by atomic mass is 19.1. The largest absolute Gasteiger partial charge is 0.332 e. The fourth-order valence-electron chi connectivity index (χ4n) is 2.62. The topological polar surface area (TPSA) is 80.7 Å². The van der Waals surface area contributed by atoms with Crippen LogP contribution in [0.2, 0.25) is 0 Å². The first-order chi connectivity index (χ1) is 11.4. The Morgan fingerprint density at radius 2 is 1.83 bits per heavy atom. The van der Waals surface area contributed by atoms with Crippen LogP contribution in [0.4, 0.5) is 4.39 Å². The Morgan fingerprint density at radius 3 is 2.46 bits per heavy atom. The van der Waals surface area contributed by atoms with Gasteiger partial charge in [0.2, 0.25) is 0 Å². The van der Waals surface area contributed by atoms with Crippen LogP contribution < -0.4 is 11.2 Å². The van der Waals surface area contributed by atoms with Crippen molar-refractivity contribution in [2.75, 3.05) is 0 Å². The molecule has 0 N–H and O–H groups in total. The normalized spacial score (nSPS) is 10.8. The van der Waals surface area contributed by atoms with E-state index in [1.54, 1.807) is 18.2 Å². The fourth-order valence-corrected chi connectivity index (χ4v) is 2.62. The molecule has 7 heteroatoms. The summed E-state index contributed by atoms with van der Waals surface area (Å²) in [5.74, 6) is -0.377. The summed E-state index contributed by atoms with van der Waals surface area (Å²) in [5.41, 5.74) is 0.797. The number of halogens is 1. The van der Waals surface area contributed by atoms with E-state index in [4.69, 9.17) is 5.26 Å². The average Bonchev–Trinajstić information content (AvgIpc) is 2.58. The first-order valence-corrected chi connectivity index (χ1v) is 7.16. The number of benzene rings is 1. The average molecular weight is 324 g/mol. The molecule has 3 rings (SSSR count). The van der Waals surface area contributed by atoms with Gasteiger partial charge in [-0.05, 0) is 35.9 Å². The van der Waals surface area contributed by atoms with Gasteiger partial charge in [0.05, 0.1) is 23.6 Å². The molecular weight excluding hydrogens is 311 g/mol. The molecule has 0 spiro atoms. The van der Waals surface area contributed by atoms with Gasteiger partial charge in [-0.1, -0.05) is 0 Å². The maximum atomic E-state index is 13.1. The maximum absolute atomic E-state index is 13.1. The minimum absolute atomic E-state index is 0.000653. The van der Waals surface area contributed by atoms with E-state index in [-0.39, 0.29) is 23.3 Å². The lowest BCUT2D eigenvalue weighted by atomic mass is 10.0. The molecule has 0 aliphatic carbocycles. The van der Waals surface area contributed by atoms with Crippen molar-refractivity contribution in [3.63, 3.8) is 0 Å². The lowest BCUT2D eigenvalue weighted by Crippen LogP contribution is -2.37. The van der Waals surface area contributed by atoms with E-state index in [1.165, 1.54) is 30.8 Å². The van der Waals surface area contributed by atoms with Crippen LogP contribution in [0.1, 0.15) is 5.56 Å². The zero-order valence-corrected chi connectivity index (χ0v) is 13.1. The van der Waals surface area contributed by atoms with Crippen molar-refractivity contribution in [1.82, 2.24) is 14.1 Å².